The smallest absolute Gasteiger partial charge is 0.306 e. The number of unbranched alkanes of at least 4 members (excludes halogenated alkanes) is 1. The minimum Gasteiger partial charge on any atom is -0.481 e. The van der Waals surface area contributed by atoms with Gasteiger partial charge in [-0.05, 0) is 39.0 Å². The third-order valence-electron chi connectivity index (χ3n) is 4.92. The predicted octanol–water partition coefficient (Wildman–Crippen LogP) is 3.45. The zero-order chi connectivity index (χ0) is 14.5. The Bertz CT molecular complexity index is 310. The summed E-state index contributed by atoms with van der Waals surface area (Å²) in [6.45, 7) is 5.16. The molecule has 0 aromatic carbocycles. The van der Waals surface area contributed by atoms with Gasteiger partial charge in [-0.15, -0.1) is 0 Å². The molecule has 1 heterocycles. The third kappa shape index (κ3) is 3.95. The van der Waals surface area contributed by atoms with Crippen molar-refractivity contribution in [1.82, 2.24) is 0 Å². The summed E-state index contributed by atoms with van der Waals surface area (Å²) in [6, 6.07) is 0. The van der Waals surface area contributed by atoms with Crippen LogP contribution in [0.25, 0.3) is 0 Å². The molecule has 1 aliphatic heterocycles. The molecule has 2 aliphatic rings. The second-order valence-electron chi connectivity index (χ2n) is 6.40. The van der Waals surface area contributed by atoms with Gasteiger partial charge in [0.05, 0.1) is 18.6 Å². The van der Waals surface area contributed by atoms with Gasteiger partial charge in [0.25, 0.3) is 0 Å². The first kappa shape index (κ1) is 15.8. The van der Waals surface area contributed by atoms with Crippen molar-refractivity contribution in [3.63, 3.8) is 0 Å². The van der Waals surface area contributed by atoms with Gasteiger partial charge >= 0.3 is 5.97 Å². The Morgan fingerprint density at radius 3 is 2.50 bits per heavy atom. The minimum absolute atomic E-state index is 0.113. The van der Waals surface area contributed by atoms with Gasteiger partial charge in [0.15, 0.2) is 6.29 Å². The topological polar surface area (TPSA) is 55.8 Å². The molecular weight excluding hydrogens is 256 g/mol. The fourth-order valence-electron chi connectivity index (χ4n) is 3.39. The second kappa shape index (κ2) is 7.41. The number of ether oxygens (including phenoxy) is 2. The molecule has 0 aromatic rings. The van der Waals surface area contributed by atoms with Crippen LogP contribution in [0.5, 0.6) is 0 Å². The van der Waals surface area contributed by atoms with Gasteiger partial charge in [0.2, 0.25) is 0 Å². The molecule has 0 radical (unpaired) electrons. The van der Waals surface area contributed by atoms with Crippen molar-refractivity contribution in [2.24, 2.45) is 17.8 Å². The normalized spacial score (nSPS) is 38.6. The Morgan fingerprint density at radius 1 is 1.25 bits per heavy atom. The van der Waals surface area contributed by atoms with Gasteiger partial charge < -0.3 is 14.6 Å². The molecule has 0 spiro atoms. The number of aliphatic carboxylic acids is 1. The van der Waals surface area contributed by atoms with E-state index in [0.29, 0.717) is 11.8 Å². The lowest BCUT2D eigenvalue weighted by atomic mass is 9.81. The summed E-state index contributed by atoms with van der Waals surface area (Å²) in [5.74, 6) is 0.0771. The molecule has 0 bridgehead atoms. The maximum absolute atomic E-state index is 11.0. The highest BCUT2D eigenvalue weighted by molar-refractivity contribution is 5.69. The lowest BCUT2D eigenvalue weighted by Crippen LogP contribution is -2.43. The van der Waals surface area contributed by atoms with E-state index in [4.69, 9.17) is 14.6 Å². The van der Waals surface area contributed by atoms with Gasteiger partial charge in [0, 0.05) is 11.8 Å². The van der Waals surface area contributed by atoms with Gasteiger partial charge in [-0.2, -0.15) is 0 Å². The standard InChI is InChI=1S/C16H28O4/c1-3-4-5-14-10-19-16(20-11(14)2)13-8-6-12(7-9-13)15(17)18/h11-14,16H,3-10H2,1-2H3,(H,17,18). The summed E-state index contributed by atoms with van der Waals surface area (Å²) in [7, 11) is 0. The first-order valence-electron chi connectivity index (χ1n) is 8.11. The van der Waals surface area contributed by atoms with E-state index >= 15 is 0 Å². The number of carboxylic acids is 1. The maximum atomic E-state index is 11.0. The van der Waals surface area contributed by atoms with E-state index in [-0.39, 0.29) is 18.3 Å². The zero-order valence-electron chi connectivity index (χ0n) is 12.7. The van der Waals surface area contributed by atoms with E-state index in [1.807, 2.05) is 0 Å². The Morgan fingerprint density at radius 2 is 1.95 bits per heavy atom. The van der Waals surface area contributed by atoms with Crippen LogP contribution < -0.4 is 0 Å². The van der Waals surface area contributed by atoms with Crippen molar-refractivity contribution < 1.29 is 19.4 Å². The monoisotopic (exact) mass is 284 g/mol. The molecule has 1 N–H and O–H groups in total. The molecular formula is C16H28O4. The van der Waals surface area contributed by atoms with Gasteiger partial charge in [-0.1, -0.05) is 19.8 Å². The number of rotatable bonds is 5. The molecule has 1 aliphatic carbocycles. The number of hydrogen-bond donors (Lipinski definition) is 1. The molecule has 1 saturated carbocycles. The molecule has 3 unspecified atom stereocenters. The largest absolute Gasteiger partial charge is 0.481 e. The highest BCUT2D eigenvalue weighted by Gasteiger charge is 2.36. The van der Waals surface area contributed by atoms with Crippen LogP contribution in [-0.2, 0) is 14.3 Å². The van der Waals surface area contributed by atoms with Crippen LogP contribution >= 0.6 is 0 Å². The lowest BCUT2D eigenvalue weighted by Gasteiger charge is -2.40. The van der Waals surface area contributed by atoms with E-state index in [2.05, 4.69) is 13.8 Å². The van der Waals surface area contributed by atoms with Crippen LogP contribution in [0.2, 0.25) is 0 Å². The van der Waals surface area contributed by atoms with E-state index in [9.17, 15) is 4.79 Å². The fourth-order valence-corrected chi connectivity index (χ4v) is 3.39. The van der Waals surface area contributed by atoms with Crippen molar-refractivity contribution in [1.29, 1.82) is 0 Å². The number of carboxylic acid groups (broad SMARTS) is 1. The summed E-state index contributed by atoms with van der Waals surface area (Å²) in [5, 5.41) is 9.03. The fraction of sp³-hybridized carbons (Fsp3) is 0.938. The lowest BCUT2D eigenvalue weighted by molar-refractivity contribution is -0.257. The van der Waals surface area contributed by atoms with Crippen molar-refractivity contribution in [3.8, 4) is 0 Å². The van der Waals surface area contributed by atoms with Crippen LogP contribution in [-0.4, -0.2) is 30.1 Å². The molecule has 0 aromatic heterocycles. The summed E-state index contributed by atoms with van der Waals surface area (Å²) < 4.78 is 12.0. The summed E-state index contributed by atoms with van der Waals surface area (Å²) >= 11 is 0. The van der Waals surface area contributed by atoms with Gasteiger partial charge in [-0.3, -0.25) is 4.79 Å². The predicted molar refractivity (Wildman–Crippen MR) is 76.4 cm³/mol. The quantitative estimate of drug-likeness (QED) is 0.840. The van der Waals surface area contributed by atoms with E-state index in [1.54, 1.807) is 0 Å². The summed E-state index contributed by atoms with van der Waals surface area (Å²) in [5.41, 5.74) is 0. The molecule has 20 heavy (non-hydrogen) atoms. The van der Waals surface area contributed by atoms with Crippen LogP contribution in [0.1, 0.15) is 58.8 Å². The third-order valence-corrected chi connectivity index (χ3v) is 4.92. The van der Waals surface area contributed by atoms with E-state index in [0.717, 1.165) is 32.3 Å². The van der Waals surface area contributed by atoms with Crippen molar-refractivity contribution in [3.05, 3.63) is 0 Å². The van der Waals surface area contributed by atoms with Crippen LogP contribution in [0, 0.1) is 17.8 Å². The highest BCUT2D eigenvalue weighted by Crippen LogP contribution is 2.35. The highest BCUT2D eigenvalue weighted by atomic mass is 16.7. The first-order valence-corrected chi connectivity index (χ1v) is 8.11. The SMILES string of the molecule is CCCCC1COC(C2CCC(C(=O)O)CC2)OC1C. The molecule has 116 valence electrons. The van der Waals surface area contributed by atoms with E-state index in [1.165, 1.54) is 19.3 Å². The van der Waals surface area contributed by atoms with Gasteiger partial charge in [-0.25, -0.2) is 0 Å². The average molecular weight is 284 g/mol. The molecule has 3 atom stereocenters. The van der Waals surface area contributed by atoms with Crippen molar-refractivity contribution in [2.75, 3.05) is 6.61 Å². The first-order chi connectivity index (χ1) is 9.61. The molecule has 0 amide bonds. The van der Waals surface area contributed by atoms with Gasteiger partial charge in [0.1, 0.15) is 0 Å². The van der Waals surface area contributed by atoms with Crippen LogP contribution in [0.15, 0.2) is 0 Å². The molecule has 4 nitrogen and oxygen atoms in total. The Labute approximate surface area is 121 Å². The van der Waals surface area contributed by atoms with Crippen LogP contribution in [0.4, 0.5) is 0 Å². The molecule has 2 fully saturated rings. The molecule has 4 heteroatoms. The van der Waals surface area contributed by atoms with E-state index < -0.39 is 5.97 Å². The van der Waals surface area contributed by atoms with Crippen LogP contribution in [0.3, 0.4) is 0 Å². The zero-order valence-corrected chi connectivity index (χ0v) is 12.7. The van der Waals surface area contributed by atoms with Crippen molar-refractivity contribution >= 4 is 5.97 Å². The second-order valence-corrected chi connectivity index (χ2v) is 6.40. The number of carbonyl (C=O) groups is 1. The van der Waals surface area contributed by atoms with Crippen molar-refractivity contribution in [2.45, 2.75) is 71.2 Å². The Kier molecular flexibility index (Phi) is 5.85. The molecule has 2 rings (SSSR count). The minimum atomic E-state index is -0.651. The summed E-state index contributed by atoms with van der Waals surface area (Å²) in [6.07, 6.45) is 7.11. The maximum Gasteiger partial charge on any atom is 0.306 e. The Balaban J connectivity index is 1.77. The number of hydrogen-bond acceptors (Lipinski definition) is 3. The average Bonchev–Trinajstić information content (AvgIpc) is 2.46. The molecule has 1 saturated heterocycles. The Hall–Kier alpha value is -0.610. The summed E-state index contributed by atoms with van der Waals surface area (Å²) in [4.78, 5) is 11.0.